The Morgan fingerprint density at radius 1 is 1.08 bits per heavy atom. The van der Waals surface area contributed by atoms with E-state index in [-0.39, 0.29) is 5.91 Å². The van der Waals surface area contributed by atoms with Crippen LogP contribution in [0.3, 0.4) is 0 Å². The standard InChI is InChI=1S/C22H26N2O2/c1-17-9-11-19(12-10-17)26-14-6-5-13-23-22(25)15-18-16-24(2)21-8-4-3-7-20(18)21/h3-4,7-12,16H,5-6,13-15H2,1-2H3,(H,23,25). The van der Waals surface area contributed by atoms with Crippen molar-refractivity contribution >= 4 is 16.8 Å². The maximum atomic E-state index is 12.2. The van der Waals surface area contributed by atoms with Crippen molar-refractivity contribution in [2.24, 2.45) is 7.05 Å². The molecule has 0 bridgehead atoms. The number of fused-ring (bicyclic) bond motifs is 1. The minimum atomic E-state index is 0.0702. The average Bonchev–Trinajstić information content (AvgIpc) is 2.95. The monoisotopic (exact) mass is 350 g/mol. The second kappa shape index (κ2) is 8.56. The lowest BCUT2D eigenvalue weighted by Gasteiger charge is -2.07. The number of unbranched alkanes of at least 4 members (excludes halogenated alkanes) is 1. The molecule has 0 aliphatic carbocycles. The molecule has 0 spiro atoms. The molecule has 26 heavy (non-hydrogen) atoms. The van der Waals surface area contributed by atoms with Crippen LogP contribution in [0.2, 0.25) is 0 Å². The van der Waals surface area contributed by atoms with Crippen LogP contribution >= 0.6 is 0 Å². The van der Waals surface area contributed by atoms with Gasteiger partial charge in [-0.15, -0.1) is 0 Å². The van der Waals surface area contributed by atoms with Gasteiger partial charge >= 0.3 is 0 Å². The van der Waals surface area contributed by atoms with Gasteiger partial charge in [-0.05, 0) is 43.5 Å². The van der Waals surface area contributed by atoms with Crippen LogP contribution in [-0.2, 0) is 18.3 Å². The van der Waals surface area contributed by atoms with Crippen molar-refractivity contribution in [1.82, 2.24) is 9.88 Å². The van der Waals surface area contributed by atoms with E-state index < -0.39 is 0 Å². The topological polar surface area (TPSA) is 43.3 Å². The number of nitrogens with one attached hydrogen (secondary N) is 1. The van der Waals surface area contributed by atoms with Gasteiger partial charge in [-0.25, -0.2) is 0 Å². The first-order chi connectivity index (χ1) is 12.6. The molecule has 0 unspecified atom stereocenters. The first-order valence-corrected chi connectivity index (χ1v) is 9.12. The highest BCUT2D eigenvalue weighted by atomic mass is 16.5. The third-order valence-electron chi connectivity index (χ3n) is 4.51. The molecule has 4 heteroatoms. The number of carbonyl (C=O) groups excluding carboxylic acids is 1. The normalized spacial score (nSPS) is 10.8. The highest BCUT2D eigenvalue weighted by Gasteiger charge is 2.09. The molecule has 4 nitrogen and oxygen atoms in total. The van der Waals surface area contributed by atoms with Gasteiger partial charge in [0, 0.05) is 30.7 Å². The minimum absolute atomic E-state index is 0.0702. The lowest BCUT2D eigenvalue weighted by atomic mass is 10.1. The van der Waals surface area contributed by atoms with E-state index in [1.165, 1.54) is 5.56 Å². The fourth-order valence-corrected chi connectivity index (χ4v) is 3.08. The van der Waals surface area contributed by atoms with Crippen LogP contribution in [-0.4, -0.2) is 23.6 Å². The zero-order valence-corrected chi connectivity index (χ0v) is 15.5. The number of carbonyl (C=O) groups is 1. The van der Waals surface area contributed by atoms with Crippen LogP contribution in [0.25, 0.3) is 10.9 Å². The maximum Gasteiger partial charge on any atom is 0.224 e. The van der Waals surface area contributed by atoms with E-state index in [0.717, 1.165) is 35.1 Å². The fraction of sp³-hybridized carbons (Fsp3) is 0.318. The highest BCUT2D eigenvalue weighted by Crippen LogP contribution is 2.20. The molecule has 3 rings (SSSR count). The molecule has 1 N–H and O–H groups in total. The van der Waals surface area contributed by atoms with Gasteiger partial charge in [-0.3, -0.25) is 4.79 Å². The fourth-order valence-electron chi connectivity index (χ4n) is 3.08. The Morgan fingerprint density at radius 2 is 1.85 bits per heavy atom. The second-order valence-electron chi connectivity index (χ2n) is 6.68. The van der Waals surface area contributed by atoms with Gasteiger partial charge in [-0.1, -0.05) is 35.9 Å². The molecule has 3 aromatic rings. The Bertz CT molecular complexity index is 865. The van der Waals surface area contributed by atoms with E-state index in [0.29, 0.717) is 19.6 Å². The summed E-state index contributed by atoms with van der Waals surface area (Å²) in [5.41, 5.74) is 3.46. The summed E-state index contributed by atoms with van der Waals surface area (Å²) in [5.74, 6) is 0.969. The summed E-state index contributed by atoms with van der Waals surface area (Å²) in [6.07, 6.45) is 4.29. The zero-order valence-electron chi connectivity index (χ0n) is 15.5. The average molecular weight is 350 g/mol. The van der Waals surface area contributed by atoms with Crippen LogP contribution in [0.5, 0.6) is 5.75 Å². The van der Waals surface area contributed by atoms with Crippen molar-refractivity contribution in [3.05, 3.63) is 65.9 Å². The Labute approximate surface area is 154 Å². The van der Waals surface area contributed by atoms with Crippen LogP contribution in [0.15, 0.2) is 54.7 Å². The number of nitrogens with zero attached hydrogens (tertiary/aromatic N) is 1. The van der Waals surface area contributed by atoms with Gasteiger partial charge in [0.05, 0.1) is 13.0 Å². The summed E-state index contributed by atoms with van der Waals surface area (Å²) >= 11 is 0. The number of ether oxygens (including phenoxy) is 1. The lowest BCUT2D eigenvalue weighted by molar-refractivity contribution is -0.120. The second-order valence-corrected chi connectivity index (χ2v) is 6.68. The molecule has 1 heterocycles. The first kappa shape index (κ1) is 18.1. The number of para-hydroxylation sites is 1. The molecule has 0 atom stereocenters. The number of hydrogen-bond donors (Lipinski definition) is 1. The van der Waals surface area contributed by atoms with Gasteiger partial charge in [0.2, 0.25) is 5.91 Å². The molecule has 2 aromatic carbocycles. The highest BCUT2D eigenvalue weighted by molar-refractivity contribution is 5.89. The molecule has 0 saturated heterocycles. The van der Waals surface area contributed by atoms with Crippen molar-refractivity contribution < 1.29 is 9.53 Å². The van der Waals surface area contributed by atoms with E-state index in [4.69, 9.17) is 4.74 Å². The number of hydrogen-bond acceptors (Lipinski definition) is 2. The molecular weight excluding hydrogens is 324 g/mol. The number of aromatic nitrogens is 1. The SMILES string of the molecule is Cc1ccc(OCCCCNC(=O)Cc2cn(C)c3ccccc23)cc1. The predicted molar refractivity (Wildman–Crippen MR) is 106 cm³/mol. The minimum Gasteiger partial charge on any atom is -0.494 e. The van der Waals surface area contributed by atoms with Crippen molar-refractivity contribution in [1.29, 1.82) is 0 Å². The largest absolute Gasteiger partial charge is 0.494 e. The molecule has 0 fully saturated rings. The van der Waals surface area contributed by atoms with Gasteiger partial charge in [-0.2, -0.15) is 0 Å². The Hall–Kier alpha value is -2.75. The van der Waals surface area contributed by atoms with Crippen LogP contribution < -0.4 is 10.1 Å². The zero-order chi connectivity index (χ0) is 18.4. The van der Waals surface area contributed by atoms with Crippen molar-refractivity contribution in [3.8, 4) is 5.75 Å². The van der Waals surface area contributed by atoms with Crippen molar-refractivity contribution in [2.45, 2.75) is 26.2 Å². The van der Waals surface area contributed by atoms with E-state index in [1.54, 1.807) is 0 Å². The third kappa shape index (κ3) is 4.66. The molecule has 1 amide bonds. The number of aryl methyl sites for hydroxylation is 2. The van der Waals surface area contributed by atoms with Crippen molar-refractivity contribution in [2.75, 3.05) is 13.2 Å². The maximum absolute atomic E-state index is 12.2. The molecule has 0 aliphatic rings. The molecule has 136 valence electrons. The first-order valence-electron chi connectivity index (χ1n) is 9.12. The predicted octanol–water partition coefficient (Wildman–Crippen LogP) is 4.00. The molecule has 0 saturated carbocycles. The van der Waals surface area contributed by atoms with Gasteiger partial charge in [0.1, 0.15) is 5.75 Å². The van der Waals surface area contributed by atoms with Gasteiger partial charge in [0.15, 0.2) is 0 Å². The summed E-state index contributed by atoms with van der Waals surface area (Å²) in [7, 11) is 2.01. The Balaban J connectivity index is 1.37. The van der Waals surface area contributed by atoms with E-state index in [2.05, 4.69) is 28.9 Å². The lowest BCUT2D eigenvalue weighted by Crippen LogP contribution is -2.26. The van der Waals surface area contributed by atoms with E-state index >= 15 is 0 Å². The summed E-state index contributed by atoms with van der Waals surface area (Å²) in [4.78, 5) is 12.2. The summed E-state index contributed by atoms with van der Waals surface area (Å²) in [6, 6.07) is 16.2. The summed E-state index contributed by atoms with van der Waals surface area (Å²) in [5, 5.41) is 4.16. The van der Waals surface area contributed by atoms with Gasteiger partial charge < -0.3 is 14.6 Å². The molecule has 0 radical (unpaired) electrons. The molecule has 1 aromatic heterocycles. The smallest absolute Gasteiger partial charge is 0.224 e. The number of amides is 1. The van der Waals surface area contributed by atoms with Crippen LogP contribution in [0.4, 0.5) is 0 Å². The number of rotatable bonds is 8. The van der Waals surface area contributed by atoms with Gasteiger partial charge in [0.25, 0.3) is 0 Å². The quantitative estimate of drug-likeness (QED) is 0.624. The Kier molecular flexibility index (Phi) is 5.95. The number of benzene rings is 2. The van der Waals surface area contributed by atoms with E-state index in [9.17, 15) is 4.79 Å². The van der Waals surface area contributed by atoms with Crippen LogP contribution in [0, 0.1) is 6.92 Å². The van der Waals surface area contributed by atoms with Crippen LogP contribution in [0.1, 0.15) is 24.0 Å². The van der Waals surface area contributed by atoms with E-state index in [1.807, 2.05) is 49.6 Å². The third-order valence-corrected chi connectivity index (χ3v) is 4.51. The molecule has 0 aliphatic heterocycles. The van der Waals surface area contributed by atoms with Crippen molar-refractivity contribution in [3.63, 3.8) is 0 Å². The summed E-state index contributed by atoms with van der Waals surface area (Å²) in [6.45, 7) is 3.41. The summed E-state index contributed by atoms with van der Waals surface area (Å²) < 4.78 is 7.77. The Morgan fingerprint density at radius 3 is 2.65 bits per heavy atom. The molecular formula is C22H26N2O2.